The second-order valence-corrected chi connectivity index (χ2v) is 6.41. The molecule has 1 aromatic heterocycles. The zero-order chi connectivity index (χ0) is 15.5. The van der Waals surface area contributed by atoms with Gasteiger partial charge in [-0.05, 0) is 66.9 Å². The van der Waals surface area contributed by atoms with Crippen LogP contribution in [0.25, 0.3) is 0 Å². The minimum atomic E-state index is -0.345. The summed E-state index contributed by atoms with van der Waals surface area (Å²) in [6.07, 6.45) is 2.17. The molecular weight excluding hydrogens is 299 g/mol. The Bertz CT molecular complexity index is 644. The number of anilines is 1. The van der Waals surface area contributed by atoms with Gasteiger partial charge in [0.2, 0.25) is 5.91 Å². The van der Waals surface area contributed by atoms with Crippen molar-refractivity contribution in [3.8, 4) is 0 Å². The van der Waals surface area contributed by atoms with Crippen molar-refractivity contribution in [3.63, 3.8) is 0 Å². The number of carbonyl (C=O) groups is 1. The van der Waals surface area contributed by atoms with E-state index in [1.807, 2.05) is 6.92 Å². The van der Waals surface area contributed by atoms with E-state index >= 15 is 0 Å². The fraction of sp³-hybridized carbons (Fsp3) is 0.353. The number of halogens is 1. The van der Waals surface area contributed by atoms with Gasteiger partial charge >= 0.3 is 0 Å². The van der Waals surface area contributed by atoms with E-state index in [4.69, 9.17) is 0 Å². The molecule has 1 aliphatic heterocycles. The maximum absolute atomic E-state index is 13.2. The average Bonchev–Trinajstić information content (AvgIpc) is 3.17. The van der Waals surface area contributed by atoms with E-state index in [9.17, 15) is 9.18 Å². The molecule has 22 heavy (non-hydrogen) atoms. The Labute approximate surface area is 133 Å². The summed E-state index contributed by atoms with van der Waals surface area (Å²) in [7, 11) is 0. The summed E-state index contributed by atoms with van der Waals surface area (Å²) in [6, 6.07) is 8.20. The van der Waals surface area contributed by atoms with Gasteiger partial charge in [-0.25, -0.2) is 4.39 Å². The van der Waals surface area contributed by atoms with Gasteiger partial charge in [-0.15, -0.1) is 0 Å². The van der Waals surface area contributed by atoms with Crippen LogP contribution in [0.3, 0.4) is 0 Å². The Balaban J connectivity index is 1.70. The van der Waals surface area contributed by atoms with Crippen LogP contribution in [0.15, 0.2) is 41.1 Å². The van der Waals surface area contributed by atoms with Crippen molar-refractivity contribution in [2.24, 2.45) is 0 Å². The monoisotopic (exact) mass is 318 g/mol. The van der Waals surface area contributed by atoms with Gasteiger partial charge in [0.25, 0.3) is 0 Å². The molecular formula is C17H19FN2OS. The number of likely N-dealkylation sites (tertiary alicyclic amines) is 1. The van der Waals surface area contributed by atoms with E-state index in [0.717, 1.165) is 19.4 Å². The number of carbonyl (C=O) groups excluding carboxylic acids is 1. The van der Waals surface area contributed by atoms with Crippen LogP contribution in [0.1, 0.15) is 31.4 Å². The van der Waals surface area contributed by atoms with Crippen molar-refractivity contribution in [3.05, 3.63) is 52.5 Å². The van der Waals surface area contributed by atoms with Crippen LogP contribution in [-0.2, 0) is 4.79 Å². The van der Waals surface area contributed by atoms with E-state index in [1.165, 1.54) is 17.7 Å². The normalized spacial score (nSPS) is 20.0. The number of benzene rings is 1. The minimum absolute atomic E-state index is 0.0901. The number of nitrogens with zero attached hydrogens (tertiary/aromatic N) is 1. The third kappa shape index (κ3) is 3.20. The Hall–Kier alpha value is -1.72. The molecule has 0 radical (unpaired) electrons. The molecule has 2 atom stereocenters. The maximum atomic E-state index is 13.2. The zero-order valence-electron chi connectivity index (χ0n) is 12.5. The van der Waals surface area contributed by atoms with E-state index < -0.39 is 0 Å². The van der Waals surface area contributed by atoms with Crippen LogP contribution < -0.4 is 5.32 Å². The van der Waals surface area contributed by atoms with Crippen molar-refractivity contribution in [2.45, 2.75) is 31.8 Å². The molecule has 0 bridgehead atoms. The van der Waals surface area contributed by atoms with Gasteiger partial charge in [-0.3, -0.25) is 9.69 Å². The molecule has 1 saturated heterocycles. The van der Waals surface area contributed by atoms with Crippen molar-refractivity contribution in [1.82, 2.24) is 4.90 Å². The SMILES string of the molecule is C[C@H](C(=O)Nc1cccc(F)c1)N1CCC[C@H]1c1ccsc1. The molecule has 1 aromatic carbocycles. The highest BCUT2D eigenvalue weighted by Crippen LogP contribution is 2.34. The maximum Gasteiger partial charge on any atom is 0.241 e. The van der Waals surface area contributed by atoms with E-state index in [2.05, 4.69) is 27.0 Å². The molecule has 116 valence electrons. The summed E-state index contributed by atoms with van der Waals surface area (Å²) in [5, 5.41) is 7.03. The zero-order valence-corrected chi connectivity index (χ0v) is 13.3. The average molecular weight is 318 g/mol. The Morgan fingerprint density at radius 3 is 3.05 bits per heavy atom. The fourth-order valence-corrected chi connectivity index (χ4v) is 3.75. The van der Waals surface area contributed by atoms with Gasteiger partial charge in [0.15, 0.2) is 0 Å². The second kappa shape index (κ2) is 6.58. The topological polar surface area (TPSA) is 32.3 Å². The Morgan fingerprint density at radius 2 is 2.32 bits per heavy atom. The molecule has 1 fully saturated rings. The van der Waals surface area contributed by atoms with Crippen LogP contribution in [0.2, 0.25) is 0 Å². The van der Waals surface area contributed by atoms with E-state index in [0.29, 0.717) is 11.7 Å². The second-order valence-electron chi connectivity index (χ2n) is 5.63. The molecule has 3 nitrogen and oxygen atoms in total. The van der Waals surface area contributed by atoms with Crippen molar-refractivity contribution >= 4 is 22.9 Å². The summed E-state index contributed by atoms with van der Waals surface area (Å²) in [4.78, 5) is 14.7. The highest BCUT2D eigenvalue weighted by molar-refractivity contribution is 7.07. The lowest BCUT2D eigenvalue weighted by atomic mass is 10.1. The third-order valence-electron chi connectivity index (χ3n) is 4.19. The number of hydrogen-bond donors (Lipinski definition) is 1. The van der Waals surface area contributed by atoms with Gasteiger partial charge in [-0.1, -0.05) is 6.07 Å². The van der Waals surface area contributed by atoms with Gasteiger partial charge in [0.05, 0.1) is 6.04 Å². The van der Waals surface area contributed by atoms with E-state index in [1.54, 1.807) is 23.5 Å². The van der Waals surface area contributed by atoms with Crippen molar-refractivity contribution < 1.29 is 9.18 Å². The third-order valence-corrected chi connectivity index (χ3v) is 4.89. The van der Waals surface area contributed by atoms with Crippen LogP contribution >= 0.6 is 11.3 Å². The first kappa shape index (κ1) is 15.2. The number of hydrogen-bond acceptors (Lipinski definition) is 3. The molecule has 2 aromatic rings. The summed E-state index contributed by atoms with van der Waals surface area (Å²) in [5.41, 5.74) is 1.79. The highest BCUT2D eigenvalue weighted by atomic mass is 32.1. The van der Waals surface area contributed by atoms with Crippen LogP contribution in [0, 0.1) is 5.82 Å². The lowest BCUT2D eigenvalue weighted by Gasteiger charge is -2.29. The molecule has 2 heterocycles. The summed E-state index contributed by atoms with van der Waals surface area (Å²) < 4.78 is 13.2. The van der Waals surface area contributed by atoms with Gasteiger partial charge in [0.1, 0.15) is 5.82 Å². The Kier molecular flexibility index (Phi) is 4.55. The largest absolute Gasteiger partial charge is 0.325 e. The van der Waals surface area contributed by atoms with Crippen molar-refractivity contribution in [1.29, 1.82) is 0 Å². The molecule has 0 aliphatic carbocycles. The summed E-state index contributed by atoms with van der Waals surface area (Å²) in [5.74, 6) is -0.435. The van der Waals surface area contributed by atoms with Gasteiger partial charge in [-0.2, -0.15) is 11.3 Å². The van der Waals surface area contributed by atoms with Gasteiger partial charge < -0.3 is 5.32 Å². The molecule has 1 N–H and O–H groups in total. The van der Waals surface area contributed by atoms with E-state index in [-0.39, 0.29) is 17.8 Å². The first-order valence-electron chi connectivity index (χ1n) is 7.49. The minimum Gasteiger partial charge on any atom is -0.325 e. The highest BCUT2D eigenvalue weighted by Gasteiger charge is 2.33. The number of rotatable bonds is 4. The first-order valence-corrected chi connectivity index (χ1v) is 8.43. The first-order chi connectivity index (χ1) is 10.6. The predicted octanol–water partition coefficient (Wildman–Crippen LogP) is 4.05. The molecule has 0 saturated carbocycles. The molecule has 0 spiro atoms. The molecule has 0 unspecified atom stereocenters. The van der Waals surface area contributed by atoms with Crippen LogP contribution in [-0.4, -0.2) is 23.4 Å². The molecule has 5 heteroatoms. The quantitative estimate of drug-likeness (QED) is 0.922. The summed E-state index contributed by atoms with van der Waals surface area (Å²) >= 11 is 1.68. The lowest BCUT2D eigenvalue weighted by Crippen LogP contribution is -2.41. The number of thiophene rings is 1. The predicted molar refractivity (Wildman–Crippen MR) is 87.5 cm³/mol. The van der Waals surface area contributed by atoms with Crippen molar-refractivity contribution in [2.75, 3.05) is 11.9 Å². The molecule has 3 rings (SSSR count). The Morgan fingerprint density at radius 1 is 1.45 bits per heavy atom. The lowest BCUT2D eigenvalue weighted by molar-refractivity contribution is -0.121. The molecule has 1 aliphatic rings. The summed E-state index contributed by atoms with van der Waals surface area (Å²) in [6.45, 7) is 2.83. The van der Waals surface area contributed by atoms with Crippen LogP contribution in [0.4, 0.5) is 10.1 Å². The van der Waals surface area contributed by atoms with Gasteiger partial charge in [0, 0.05) is 11.7 Å². The standard InChI is InChI=1S/C17H19FN2OS/c1-12(17(21)19-15-5-2-4-14(18)10-15)20-8-3-6-16(20)13-7-9-22-11-13/h2,4-5,7,9-12,16H,3,6,8H2,1H3,(H,19,21)/t12-,16+/m1/s1. The fourth-order valence-electron chi connectivity index (χ4n) is 3.04. The smallest absolute Gasteiger partial charge is 0.241 e. The van der Waals surface area contributed by atoms with Crippen LogP contribution in [0.5, 0.6) is 0 Å². The molecule has 1 amide bonds. The number of amides is 1. The number of nitrogens with one attached hydrogen (secondary N) is 1.